The van der Waals surface area contributed by atoms with Gasteiger partial charge in [-0.2, -0.15) is 0 Å². The molecule has 2 aromatic carbocycles. The zero-order chi connectivity index (χ0) is 19.8. The summed E-state index contributed by atoms with van der Waals surface area (Å²) in [5.74, 6) is -0.729. The molecule has 0 spiro atoms. The Bertz CT molecular complexity index is 1200. The minimum absolute atomic E-state index is 0.306. The Morgan fingerprint density at radius 1 is 1.21 bits per heavy atom. The average molecular weight is 399 g/mol. The molecule has 0 fully saturated rings. The maximum atomic E-state index is 14.0. The van der Waals surface area contributed by atoms with E-state index in [0.717, 1.165) is 0 Å². The van der Waals surface area contributed by atoms with Gasteiger partial charge < -0.3 is 9.30 Å². The summed E-state index contributed by atoms with van der Waals surface area (Å²) in [6.07, 6.45) is 0. The molecule has 0 aliphatic carbocycles. The van der Waals surface area contributed by atoms with Gasteiger partial charge in [0.25, 0.3) is 5.91 Å². The number of methoxy groups -OCH3 is 1. The topological polar surface area (TPSA) is 56.1 Å². The van der Waals surface area contributed by atoms with Gasteiger partial charge in [0.1, 0.15) is 23.1 Å². The maximum Gasteiger partial charge on any atom is 0.274 e. The molecule has 0 saturated heterocycles. The van der Waals surface area contributed by atoms with Gasteiger partial charge in [0, 0.05) is 23.4 Å². The number of halogens is 2. The first kappa shape index (κ1) is 18.1. The summed E-state index contributed by atoms with van der Waals surface area (Å²) in [5.41, 5.74) is 1.90. The van der Waals surface area contributed by atoms with E-state index in [1.807, 2.05) is 0 Å². The molecule has 0 bridgehead atoms. The highest BCUT2D eigenvalue weighted by Gasteiger charge is 2.18. The molecular formula is C20H15F2N3O2S. The number of hydrogen-bond donors (Lipinski definition) is 1. The molecule has 4 aromatic rings. The van der Waals surface area contributed by atoms with Crippen molar-refractivity contribution in [3.05, 3.63) is 65.2 Å². The van der Waals surface area contributed by atoms with Crippen molar-refractivity contribution in [2.75, 3.05) is 12.4 Å². The van der Waals surface area contributed by atoms with E-state index in [0.29, 0.717) is 38.7 Å². The van der Waals surface area contributed by atoms with Crippen molar-refractivity contribution in [1.82, 2.24) is 9.55 Å². The van der Waals surface area contributed by atoms with Crippen molar-refractivity contribution >= 4 is 33.3 Å². The first-order chi connectivity index (χ1) is 13.5. The second kappa shape index (κ2) is 7.05. The van der Waals surface area contributed by atoms with Gasteiger partial charge in [-0.25, -0.2) is 13.8 Å². The summed E-state index contributed by atoms with van der Waals surface area (Å²) in [6.45, 7) is 0. The lowest BCUT2D eigenvalue weighted by Crippen LogP contribution is -2.15. The number of aromatic nitrogens is 2. The molecule has 0 aliphatic heterocycles. The van der Waals surface area contributed by atoms with Crippen molar-refractivity contribution in [2.45, 2.75) is 0 Å². The highest BCUT2D eigenvalue weighted by Crippen LogP contribution is 2.33. The molecule has 1 N–H and O–H groups in total. The summed E-state index contributed by atoms with van der Waals surface area (Å²) in [5, 5.41) is 5.13. The van der Waals surface area contributed by atoms with Gasteiger partial charge in [-0.1, -0.05) is 6.07 Å². The SMILES string of the molecule is COc1ccc(F)cc1-c1csc(NC(=O)c2cc3c(F)cccc3n2C)n1. The first-order valence-corrected chi connectivity index (χ1v) is 9.20. The van der Waals surface area contributed by atoms with E-state index in [2.05, 4.69) is 10.3 Å². The number of carbonyl (C=O) groups excluding carboxylic acids is 1. The zero-order valence-corrected chi connectivity index (χ0v) is 15.8. The van der Waals surface area contributed by atoms with Gasteiger partial charge in [0.2, 0.25) is 0 Å². The van der Waals surface area contributed by atoms with E-state index >= 15 is 0 Å². The highest BCUT2D eigenvalue weighted by atomic mass is 32.1. The van der Waals surface area contributed by atoms with Crippen LogP contribution in [0.5, 0.6) is 5.75 Å². The predicted octanol–water partition coefficient (Wildman–Crippen LogP) is 4.84. The fourth-order valence-corrected chi connectivity index (χ4v) is 3.74. The summed E-state index contributed by atoms with van der Waals surface area (Å²) in [4.78, 5) is 17.0. The largest absolute Gasteiger partial charge is 0.496 e. The summed E-state index contributed by atoms with van der Waals surface area (Å²) in [7, 11) is 3.19. The third kappa shape index (κ3) is 3.11. The van der Waals surface area contributed by atoms with Crippen LogP contribution < -0.4 is 10.1 Å². The third-order valence-electron chi connectivity index (χ3n) is 4.43. The molecule has 1 amide bonds. The second-order valence-electron chi connectivity index (χ2n) is 6.10. The number of fused-ring (bicyclic) bond motifs is 1. The van der Waals surface area contributed by atoms with E-state index in [1.54, 1.807) is 29.1 Å². The fourth-order valence-electron chi connectivity index (χ4n) is 3.04. The van der Waals surface area contributed by atoms with Crippen LogP contribution in [-0.4, -0.2) is 22.6 Å². The van der Waals surface area contributed by atoms with Crippen LogP contribution in [0.25, 0.3) is 22.2 Å². The van der Waals surface area contributed by atoms with Gasteiger partial charge >= 0.3 is 0 Å². The van der Waals surface area contributed by atoms with E-state index in [9.17, 15) is 13.6 Å². The number of nitrogens with zero attached hydrogens (tertiary/aromatic N) is 2. The number of amides is 1. The molecule has 0 atom stereocenters. The fraction of sp³-hybridized carbons (Fsp3) is 0.100. The van der Waals surface area contributed by atoms with Crippen LogP contribution >= 0.6 is 11.3 Å². The minimum Gasteiger partial charge on any atom is -0.496 e. The molecule has 0 aliphatic rings. The monoisotopic (exact) mass is 399 g/mol. The molecular weight excluding hydrogens is 384 g/mol. The van der Waals surface area contributed by atoms with Crippen molar-refractivity contribution in [3.63, 3.8) is 0 Å². The average Bonchev–Trinajstić information content (AvgIpc) is 3.27. The molecule has 0 radical (unpaired) electrons. The molecule has 8 heteroatoms. The number of aryl methyl sites for hydroxylation is 1. The Hall–Kier alpha value is -3.26. The lowest BCUT2D eigenvalue weighted by molar-refractivity contribution is 0.101. The quantitative estimate of drug-likeness (QED) is 0.534. The molecule has 5 nitrogen and oxygen atoms in total. The lowest BCUT2D eigenvalue weighted by Gasteiger charge is -2.06. The molecule has 28 heavy (non-hydrogen) atoms. The van der Waals surface area contributed by atoms with Crippen molar-refractivity contribution in [1.29, 1.82) is 0 Å². The molecule has 2 aromatic heterocycles. The smallest absolute Gasteiger partial charge is 0.274 e. The van der Waals surface area contributed by atoms with Crippen LogP contribution in [0.3, 0.4) is 0 Å². The Labute approximate surface area is 163 Å². The predicted molar refractivity (Wildman–Crippen MR) is 105 cm³/mol. The van der Waals surface area contributed by atoms with Gasteiger partial charge in [0.05, 0.1) is 18.3 Å². The number of benzene rings is 2. The van der Waals surface area contributed by atoms with Crippen molar-refractivity contribution in [3.8, 4) is 17.0 Å². The number of anilines is 1. The zero-order valence-electron chi connectivity index (χ0n) is 15.0. The van der Waals surface area contributed by atoms with Gasteiger partial charge in [0.15, 0.2) is 5.13 Å². The Kier molecular flexibility index (Phi) is 4.56. The summed E-state index contributed by atoms with van der Waals surface area (Å²) < 4.78 is 34.4. The number of carbonyl (C=O) groups is 1. The van der Waals surface area contributed by atoms with Crippen LogP contribution in [-0.2, 0) is 7.05 Å². The van der Waals surface area contributed by atoms with Gasteiger partial charge in [-0.05, 0) is 36.4 Å². The Morgan fingerprint density at radius 3 is 2.79 bits per heavy atom. The van der Waals surface area contributed by atoms with Crippen molar-refractivity contribution in [2.24, 2.45) is 7.05 Å². The number of ether oxygens (including phenoxy) is 1. The molecule has 4 rings (SSSR count). The number of nitrogens with one attached hydrogen (secondary N) is 1. The van der Waals surface area contributed by atoms with Crippen LogP contribution in [0.15, 0.2) is 47.8 Å². The standard InChI is InChI=1S/C20H15F2N3O2S/c1-25-16-5-3-4-14(22)12(16)9-17(25)19(26)24-20-23-15(10-28-20)13-8-11(21)6-7-18(13)27-2/h3-10H,1-2H3,(H,23,24,26). The third-order valence-corrected chi connectivity index (χ3v) is 5.19. The Morgan fingerprint density at radius 2 is 2.04 bits per heavy atom. The van der Waals surface area contributed by atoms with Gasteiger partial charge in [-0.15, -0.1) is 11.3 Å². The van der Waals surface area contributed by atoms with Crippen LogP contribution in [0, 0.1) is 11.6 Å². The number of thiazole rings is 1. The lowest BCUT2D eigenvalue weighted by atomic mass is 10.1. The van der Waals surface area contributed by atoms with E-state index in [1.165, 1.54) is 48.8 Å². The molecule has 0 unspecified atom stereocenters. The van der Waals surface area contributed by atoms with Crippen LogP contribution in [0.1, 0.15) is 10.5 Å². The summed E-state index contributed by atoms with van der Waals surface area (Å²) in [6, 6.07) is 10.3. The van der Waals surface area contributed by atoms with E-state index in [4.69, 9.17) is 4.74 Å². The Balaban J connectivity index is 1.63. The maximum absolute atomic E-state index is 14.0. The van der Waals surface area contributed by atoms with E-state index < -0.39 is 11.7 Å². The van der Waals surface area contributed by atoms with Gasteiger partial charge in [-0.3, -0.25) is 10.1 Å². The number of rotatable bonds is 4. The molecule has 0 saturated carbocycles. The van der Waals surface area contributed by atoms with Crippen molar-refractivity contribution < 1.29 is 18.3 Å². The highest BCUT2D eigenvalue weighted by molar-refractivity contribution is 7.14. The normalized spacial score (nSPS) is 11.0. The first-order valence-electron chi connectivity index (χ1n) is 8.32. The van der Waals surface area contributed by atoms with Crippen LogP contribution in [0.4, 0.5) is 13.9 Å². The molecule has 2 heterocycles. The number of hydrogen-bond acceptors (Lipinski definition) is 4. The molecule has 142 valence electrons. The minimum atomic E-state index is -0.412. The summed E-state index contributed by atoms with van der Waals surface area (Å²) >= 11 is 1.20. The van der Waals surface area contributed by atoms with Crippen LogP contribution in [0.2, 0.25) is 0 Å². The second-order valence-corrected chi connectivity index (χ2v) is 6.96. The van der Waals surface area contributed by atoms with E-state index in [-0.39, 0.29) is 5.82 Å².